The molecule has 37 heavy (non-hydrogen) atoms. The molecule has 0 saturated heterocycles. The van der Waals surface area contributed by atoms with Crippen LogP contribution in [0.1, 0.15) is 61.8 Å². The highest BCUT2D eigenvalue weighted by Crippen LogP contribution is 2.54. The van der Waals surface area contributed by atoms with Gasteiger partial charge >= 0.3 is 7.52 Å². The molecule has 2 heterocycles. The van der Waals surface area contributed by atoms with Gasteiger partial charge in [-0.1, -0.05) is 41.5 Å². The maximum Gasteiger partial charge on any atom is 0.348 e. The van der Waals surface area contributed by atoms with Crippen LogP contribution in [-0.4, -0.2) is 55.1 Å². The van der Waals surface area contributed by atoms with Gasteiger partial charge in [0.05, 0.1) is 29.4 Å². The van der Waals surface area contributed by atoms with Gasteiger partial charge in [0.15, 0.2) is 5.84 Å². The van der Waals surface area contributed by atoms with Crippen molar-refractivity contribution in [3.05, 3.63) is 29.5 Å². The quantitative estimate of drug-likeness (QED) is 0.418. The Hall–Kier alpha value is -2.36. The van der Waals surface area contributed by atoms with E-state index >= 15 is 0 Å². The molecule has 3 N–H and O–H groups in total. The molecule has 206 valence electrons. The number of nitrogens with one attached hydrogen (secondary N) is 2. The van der Waals surface area contributed by atoms with Gasteiger partial charge in [-0.2, -0.15) is 4.76 Å². The predicted octanol–water partition coefficient (Wildman–Crippen LogP) is 4.63. The Morgan fingerprint density at radius 2 is 1.84 bits per heavy atom. The average molecular weight is 555 g/mol. The fourth-order valence-electron chi connectivity index (χ4n) is 4.41. The van der Waals surface area contributed by atoms with Crippen LogP contribution in [0.2, 0.25) is 0 Å². The minimum atomic E-state index is -3.96. The van der Waals surface area contributed by atoms with Gasteiger partial charge < -0.3 is 19.8 Å². The van der Waals surface area contributed by atoms with Crippen molar-refractivity contribution in [3.63, 3.8) is 0 Å². The van der Waals surface area contributed by atoms with Crippen LogP contribution in [-0.2, 0) is 23.9 Å². The Balaban J connectivity index is 2.13. The Kier molecular flexibility index (Phi) is 7.69. The molecule has 0 radical (unpaired) electrons. The van der Waals surface area contributed by atoms with Crippen molar-refractivity contribution in [1.29, 1.82) is 0 Å². The van der Waals surface area contributed by atoms with Crippen LogP contribution in [0.5, 0.6) is 0 Å². The highest BCUT2D eigenvalue weighted by molar-refractivity contribution is 7.92. The van der Waals surface area contributed by atoms with Crippen molar-refractivity contribution in [2.75, 3.05) is 22.8 Å². The van der Waals surface area contributed by atoms with E-state index in [0.29, 0.717) is 12.2 Å². The fraction of sp³-hybridized carbons (Fsp3) is 0.600. The number of carbonyl (C=O) groups is 1. The maximum atomic E-state index is 14.1. The third kappa shape index (κ3) is 6.56. The molecular formula is C25H39N4O6PS. The molecule has 0 aliphatic carbocycles. The lowest BCUT2D eigenvalue weighted by Crippen LogP contribution is -2.45. The van der Waals surface area contributed by atoms with Crippen molar-refractivity contribution in [3.8, 4) is 0 Å². The van der Waals surface area contributed by atoms with Crippen LogP contribution >= 0.6 is 7.52 Å². The van der Waals surface area contributed by atoms with E-state index in [1.54, 1.807) is 24.8 Å². The van der Waals surface area contributed by atoms with Gasteiger partial charge in [-0.15, -0.1) is 0 Å². The number of benzene rings is 1. The summed E-state index contributed by atoms with van der Waals surface area (Å²) in [5.41, 5.74) is 0.0112. The Morgan fingerprint density at radius 1 is 1.22 bits per heavy atom. The lowest BCUT2D eigenvalue weighted by molar-refractivity contribution is -0.128. The zero-order valence-corrected chi connectivity index (χ0v) is 24.8. The van der Waals surface area contributed by atoms with E-state index in [0.717, 1.165) is 12.7 Å². The Morgan fingerprint density at radius 3 is 2.35 bits per heavy atom. The summed E-state index contributed by atoms with van der Waals surface area (Å²) in [7, 11) is -7.53. The molecule has 0 aromatic heterocycles. The van der Waals surface area contributed by atoms with Gasteiger partial charge in [0.2, 0.25) is 10.0 Å². The number of aliphatic hydroxyl groups excluding tert-OH is 1. The first-order chi connectivity index (χ1) is 16.7. The first-order valence-corrected chi connectivity index (χ1v) is 15.7. The second kappa shape index (κ2) is 9.75. The highest BCUT2D eigenvalue weighted by Gasteiger charge is 2.48. The summed E-state index contributed by atoms with van der Waals surface area (Å²) in [5.74, 6) is -0.564. The van der Waals surface area contributed by atoms with Crippen LogP contribution < -0.4 is 15.3 Å². The standard InChI is InChI=1S/C25H39N4O6PS/c1-15(2)35-36(32)18-14-16(28-37(9,33)34)10-11-17(18)26-22(27-36)19-20(30)21(25(6,7)8)29(23(19)31)13-12-24(3,4)5/h10-11,14-15,21,28,30H,12-13H2,1-9H3,(H,26,27,32)/t21-,36?/m1/s1. The molecule has 3 rings (SSSR count). The monoisotopic (exact) mass is 554 g/mol. The third-order valence-electron chi connectivity index (χ3n) is 5.91. The number of hydrogen-bond donors (Lipinski definition) is 3. The Labute approximate surface area is 220 Å². The summed E-state index contributed by atoms with van der Waals surface area (Å²) in [4.78, 5) is 15.4. The number of amidine groups is 1. The number of sulfonamides is 1. The van der Waals surface area contributed by atoms with Gasteiger partial charge in [0, 0.05) is 12.2 Å². The van der Waals surface area contributed by atoms with Crippen LogP contribution in [0.4, 0.5) is 11.4 Å². The van der Waals surface area contributed by atoms with E-state index in [2.05, 4.69) is 35.6 Å². The smallest absolute Gasteiger partial charge is 0.348 e. The molecule has 1 amide bonds. The van der Waals surface area contributed by atoms with Crippen molar-refractivity contribution < 1.29 is 27.4 Å². The first kappa shape index (κ1) is 29.2. The van der Waals surface area contributed by atoms with E-state index in [9.17, 15) is 22.9 Å². The summed E-state index contributed by atoms with van der Waals surface area (Å²) in [6.45, 7) is 15.9. The number of amides is 1. The summed E-state index contributed by atoms with van der Waals surface area (Å²) < 4.78 is 50.1. The van der Waals surface area contributed by atoms with E-state index in [-0.39, 0.29) is 33.6 Å². The van der Waals surface area contributed by atoms with Crippen molar-refractivity contribution in [2.45, 2.75) is 74.0 Å². The van der Waals surface area contributed by atoms with Gasteiger partial charge in [-0.25, -0.2) is 8.42 Å². The second-order valence-electron chi connectivity index (χ2n) is 12.2. The second-order valence-corrected chi connectivity index (χ2v) is 15.9. The molecule has 2 aliphatic rings. The minimum Gasteiger partial charge on any atom is -0.509 e. The molecule has 1 unspecified atom stereocenters. The molecule has 0 bridgehead atoms. The summed E-state index contributed by atoms with van der Waals surface area (Å²) in [6.07, 6.45) is 1.25. The lowest BCUT2D eigenvalue weighted by Gasteiger charge is -2.36. The number of hydrogen-bond acceptors (Lipinski definition) is 7. The number of fused-ring (bicyclic) bond motifs is 1. The molecule has 0 spiro atoms. The maximum absolute atomic E-state index is 14.1. The Bertz CT molecular complexity index is 1310. The van der Waals surface area contributed by atoms with E-state index in [1.165, 1.54) is 12.1 Å². The first-order valence-electron chi connectivity index (χ1n) is 12.2. The van der Waals surface area contributed by atoms with Crippen molar-refractivity contribution >= 4 is 46.0 Å². The molecule has 1 aromatic carbocycles. The third-order valence-corrected chi connectivity index (χ3v) is 8.66. The van der Waals surface area contributed by atoms with Gasteiger partial charge in [-0.05, 0) is 49.3 Å². The molecule has 0 fully saturated rings. The number of nitrogens with zero attached hydrogens (tertiary/aromatic N) is 2. The van der Waals surface area contributed by atoms with Crippen molar-refractivity contribution in [2.24, 2.45) is 15.6 Å². The van der Waals surface area contributed by atoms with Gasteiger partial charge in [0.1, 0.15) is 11.3 Å². The topological polar surface area (TPSA) is 137 Å². The zero-order chi connectivity index (χ0) is 28.1. The van der Waals surface area contributed by atoms with Crippen LogP contribution in [0.3, 0.4) is 0 Å². The summed E-state index contributed by atoms with van der Waals surface area (Å²) >= 11 is 0. The molecular weight excluding hydrogens is 515 g/mol. The number of rotatable bonds is 7. The molecule has 12 heteroatoms. The molecule has 2 atom stereocenters. The number of carbonyl (C=O) groups excluding carboxylic acids is 1. The largest absolute Gasteiger partial charge is 0.509 e. The predicted molar refractivity (Wildman–Crippen MR) is 148 cm³/mol. The fourth-order valence-corrected chi connectivity index (χ4v) is 6.95. The normalized spacial score (nSPS) is 22.8. The minimum absolute atomic E-state index is 0.0286. The van der Waals surface area contributed by atoms with E-state index < -0.39 is 41.0 Å². The van der Waals surface area contributed by atoms with Crippen molar-refractivity contribution in [1.82, 2.24) is 4.90 Å². The summed E-state index contributed by atoms with van der Waals surface area (Å²) in [5, 5.41) is 14.6. The van der Waals surface area contributed by atoms with Crippen LogP contribution in [0.15, 0.2) is 34.3 Å². The molecule has 2 aliphatic heterocycles. The SMILES string of the molecule is CC(C)OP1(=O)N=C(C2=C(O)[C@H](C(C)(C)C)N(CCC(C)(C)C)C2=O)Nc2ccc(NS(C)(=O)=O)cc21. The molecule has 1 aromatic rings. The molecule has 0 saturated carbocycles. The lowest BCUT2D eigenvalue weighted by atomic mass is 9.84. The zero-order valence-electron chi connectivity index (χ0n) is 23.0. The van der Waals surface area contributed by atoms with E-state index in [1.807, 2.05) is 20.8 Å². The number of anilines is 2. The summed E-state index contributed by atoms with van der Waals surface area (Å²) in [6, 6.07) is 3.87. The van der Waals surface area contributed by atoms with Crippen LogP contribution in [0.25, 0.3) is 0 Å². The molecule has 10 nitrogen and oxygen atoms in total. The highest BCUT2D eigenvalue weighted by atomic mass is 32.2. The van der Waals surface area contributed by atoms with E-state index in [4.69, 9.17) is 4.52 Å². The van der Waals surface area contributed by atoms with Gasteiger partial charge in [-0.3, -0.25) is 14.1 Å². The number of aliphatic hydroxyl groups is 1. The van der Waals surface area contributed by atoms with Crippen LogP contribution in [0, 0.1) is 10.8 Å². The van der Waals surface area contributed by atoms with Gasteiger partial charge in [0.25, 0.3) is 5.91 Å². The average Bonchev–Trinajstić information content (AvgIpc) is 2.94.